The van der Waals surface area contributed by atoms with Crippen LogP contribution in [-0.4, -0.2) is 33.1 Å². The summed E-state index contributed by atoms with van der Waals surface area (Å²) >= 11 is 0. The smallest absolute Gasteiger partial charge is 0.370 e. The molecule has 1 unspecified atom stereocenters. The quantitative estimate of drug-likeness (QED) is 0.471. The van der Waals surface area contributed by atoms with E-state index in [0.29, 0.717) is 12.3 Å². The van der Waals surface area contributed by atoms with Crippen LogP contribution >= 0.6 is 10.3 Å². The van der Waals surface area contributed by atoms with Crippen LogP contribution in [0.25, 0.3) is 0 Å². The van der Waals surface area contributed by atoms with Gasteiger partial charge < -0.3 is 15.0 Å². The van der Waals surface area contributed by atoms with Crippen molar-refractivity contribution >= 4 is 15.6 Å². The molecule has 1 aliphatic rings. The predicted octanol–water partition coefficient (Wildman–Crippen LogP) is 0.503. The molecule has 0 aromatic carbocycles. The van der Waals surface area contributed by atoms with E-state index in [1.54, 1.807) is 0 Å². The lowest BCUT2D eigenvalue weighted by Gasteiger charge is -2.19. The van der Waals surface area contributed by atoms with E-state index in [0.717, 1.165) is 0 Å². The summed E-state index contributed by atoms with van der Waals surface area (Å²) in [4.78, 5) is 10.3. The Hall–Kier alpha value is -0.260. The van der Waals surface area contributed by atoms with E-state index in [4.69, 9.17) is 5.11 Å². The number of hydrogen-bond acceptors (Lipinski definition) is 3. The summed E-state index contributed by atoms with van der Waals surface area (Å²) in [6.07, 6.45) is 0. The van der Waals surface area contributed by atoms with Crippen LogP contribution in [-0.2, 0) is 0 Å². The summed E-state index contributed by atoms with van der Waals surface area (Å²) in [6.45, 7) is 0.623. The van der Waals surface area contributed by atoms with Crippen molar-refractivity contribution in [2.75, 3.05) is 18.2 Å². The van der Waals surface area contributed by atoms with Crippen LogP contribution < -0.4 is 5.32 Å². The molecule has 9 heavy (non-hydrogen) atoms. The summed E-state index contributed by atoms with van der Waals surface area (Å²) in [5.74, 6) is 0.644. The molecule has 0 spiro atoms. The van der Waals surface area contributed by atoms with Crippen molar-refractivity contribution in [3.05, 3.63) is 0 Å². The molecule has 0 bridgehead atoms. The standard InChI is InChI=1S/C4H9NO3S/c6-4(7)9(8)2-1-5-3-9/h5,8H,1-3H2,(H,6,7). The molecule has 5 heteroatoms. The van der Waals surface area contributed by atoms with E-state index < -0.39 is 15.6 Å². The average molecular weight is 151 g/mol. The lowest BCUT2D eigenvalue weighted by Crippen LogP contribution is -2.13. The normalized spacial score (nSPS) is 41.9. The van der Waals surface area contributed by atoms with Crippen LogP contribution in [0.2, 0.25) is 0 Å². The highest BCUT2D eigenvalue weighted by Crippen LogP contribution is 2.44. The number of rotatable bonds is 0. The third-order valence-corrected chi connectivity index (χ3v) is 3.49. The van der Waals surface area contributed by atoms with Gasteiger partial charge in [0, 0.05) is 12.3 Å². The Morgan fingerprint density at radius 3 is 2.56 bits per heavy atom. The fourth-order valence-corrected chi connectivity index (χ4v) is 2.11. The molecular weight excluding hydrogens is 142 g/mol. The van der Waals surface area contributed by atoms with Gasteiger partial charge in [0.05, 0.1) is 5.88 Å². The Morgan fingerprint density at radius 1 is 1.67 bits per heavy atom. The summed E-state index contributed by atoms with van der Waals surface area (Å²) < 4.78 is 9.19. The summed E-state index contributed by atoms with van der Waals surface area (Å²) in [6, 6.07) is 0. The SMILES string of the molecule is O=C(O)S1(O)CCNC1. The zero-order valence-electron chi connectivity index (χ0n) is 4.83. The second-order valence-electron chi connectivity index (χ2n) is 1.96. The molecule has 0 saturated carbocycles. The molecule has 0 aliphatic carbocycles. The Bertz CT molecular complexity index is 132. The van der Waals surface area contributed by atoms with Crippen molar-refractivity contribution in [1.82, 2.24) is 5.32 Å². The van der Waals surface area contributed by atoms with Crippen molar-refractivity contribution in [1.29, 1.82) is 0 Å². The highest BCUT2D eigenvalue weighted by molar-refractivity contribution is 8.40. The Kier molecular flexibility index (Phi) is 1.65. The van der Waals surface area contributed by atoms with Crippen LogP contribution in [0.5, 0.6) is 0 Å². The molecule has 3 N–H and O–H groups in total. The van der Waals surface area contributed by atoms with Gasteiger partial charge in [-0.25, -0.2) is 4.79 Å². The van der Waals surface area contributed by atoms with Crippen LogP contribution in [0.4, 0.5) is 4.79 Å². The Morgan fingerprint density at radius 2 is 2.33 bits per heavy atom. The Balaban J connectivity index is 2.61. The van der Waals surface area contributed by atoms with Crippen LogP contribution in [0.3, 0.4) is 0 Å². The Labute approximate surface area is 54.4 Å². The molecular formula is C4H9NO3S. The minimum Gasteiger partial charge on any atom is -0.473 e. The first-order chi connectivity index (χ1) is 4.15. The average Bonchev–Trinajstić information content (AvgIpc) is 2.16. The highest BCUT2D eigenvalue weighted by atomic mass is 32.3. The minimum absolute atomic E-state index is 0.252. The van der Waals surface area contributed by atoms with Crippen molar-refractivity contribution in [2.24, 2.45) is 0 Å². The fourth-order valence-electron chi connectivity index (χ4n) is 0.703. The van der Waals surface area contributed by atoms with Crippen molar-refractivity contribution < 1.29 is 14.5 Å². The number of hydrogen-bond donors (Lipinski definition) is 3. The largest absolute Gasteiger partial charge is 0.473 e. The van der Waals surface area contributed by atoms with Crippen molar-refractivity contribution in [3.8, 4) is 0 Å². The van der Waals surface area contributed by atoms with Crippen molar-refractivity contribution in [2.45, 2.75) is 0 Å². The second kappa shape index (κ2) is 2.17. The third-order valence-electron chi connectivity index (χ3n) is 1.28. The summed E-state index contributed by atoms with van der Waals surface area (Å²) in [7, 11) is -2.31. The number of nitrogens with one attached hydrogen (secondary N) is 1. The molecule has 1 aliphatic heterocycles. The first-order valence-electron chi connectivity index (χ1n) is 2.60. The maximum atomic E-state index is 10.3. The lowest BCUT2D eigenvalue weighted by atomic mass is 10.8. The molecule has 4 nitrogen and oxygen atoms in total. The van der Waals surface area contributed by atoms with Crippen LogP contribution in [0.15, 0.2) is 0 Å². The maximum absolute atomic E-state index is 10.3. The lowest BCUT2D eigenvalue weighted by molar-refractivity contribution is 0.219. The number of carboxylic acid groups (broad SMARTS) is 1. The van der Waals surface area contributed by atoms with Gasteiger partial charge in [-0.1, -0.05) is 0 Å². The van der Waals surface area contributed by atoms with Gasteiger partial charge in [-0.2, -0.15) is 0 Å². The molecule has 54 valence electrons. The van der Waals surface area contributed by atoms with Crippen LogP contribution in [0, 0.1) is 0 Å². The van der Waals surface area contributed by atoms with E-state index in [2.05, 4.69) is 5.32 Å². The molecule has 0 amide bonds. The van der Waals surface area contributed by atoms with E-state index >= 15 is 0 Å². The van der Waals surface area contributed by atoms with Gasteiger partial charge in [0.15, 0.2) is 0 Å². The van der Waals surface area contributed by atoms with Crippen molar-refractivity contribution in [3.63, 3.8) is 0 Å². The van der Waals surface area contributed by atoms with Crippen LogP contribution in [0.1, 0.15) is 0 Å². The van der Waals surface area contributed by atoms with Gasteiger partial charge in [0.1, 0.15) is 0 Å². The molecule has 1 fully saturated rings. The molecule has 1 atom stereocenters. The maximum Gasteiger partial charge on any atom is 0.370 e. The fraction of sp³-hybridized carbons (Fsp3) is 0.750. The van der Waals surface area contributed by atoms with Gasteiger partial charge in [-0.3, -0.25) is 0 Å². The molecule has 1 rings (SSSR count). The molecule has 1 saturated heterocycles. The first-order valence-corrected chi connectivity index (χ1v) is 4.53. The van der Waals surface area contributed by atoms with Gasteiger partial charge in [-0.15, -0.1) is 0 Å². The third kappa shape index (κ3) is 1.17. The van der Waals surface area contributed by atoms with E-state index in [1.807, 2.05) is 0 Å². The summed E-state index contributed by atoms with van der Waals surface area (Å²) in [5, 5.41) is 10.2. The van der Waals surface area contributed by atoms with Gasteiger partial charge in [-0.05, 0) is 10.3 Å². The molecule has 0 aromatic rings. The van der Waals surface area contributed by atoms with E-state index in [-0.39, 0.29) is 5.88 Å². The molecule has 0 aromatic heterocycles. The van der Waals surface area contributed by atoms with E-state index in [9.17, 15) is 9.35 Å². The van der Waals surface area contributed by atoms with Gasteiger partial charge in [0.25, 0.3) is 0 Å². The summed E-state index contributed by atoms with van der Waals surface area (Å²) in [5.41, 5.74) is 0. The monoisotopic (exact) mass is 151 g/mol. The van der Waals surface area contributed by atoms with Gasteiger partial charge in [0.2, 0.25) is 0 Å². The first kappa shape index (κ1) is 6.85. The predicted molar refractivity (Wildman–Crippen MR) is 36.0 cm³/mol. The highest BCUT2D eigenvalue weighted by Gasteiger charge is 2.32. The topological polar surface area (TPSA) is 69.6 Å². The number of carbonyl (C=O) groups is 1. The minimum atomic E-state index is -2.31. The molecule has 0 radical (unpaired) electrons. The zero-order chi connectivity index (χ0) is 6.91. The van der Waals surface area contributed by atoms with Gasteiger partial charge >= 0.3 is 5.30 Å². The zero-order valence-corrected chi connectivity index (χ0v) is 5.65. The molecule has 1 heterocycles. The second-order valence-corrected chi connectivity index (χ2v) is 4.69. The van der Waals surface area contributed by atoms with E-state index in [1.165, 1.54) is 0 Å².